The molecule has 0 aliphatic heterocycles. The Labute approximate surface area is 123 Å². The number of carbonyl (C=O) groups excluding carboxylic acids is 1. The zero-order valence-electron chi connectivity index (χ0n) is 11.4. The number of para-hydroxylation sites is 1. The number of carbonyl (C=O) groups is 1. The summed E-state index contributed by atoms with van der Waals surface area (Å²) >= 11 is 0. The van der Waals surface area contributed by atoms with E-state index in [1.807, 2.05) is 72.9 Å². The molecule has 0 bridgehead atoms. The van der Waals surface area contributed by atoms with E-state index in [1.165, 1.54) is 0 Å². The summed E-state index contributed by atoms with van der Waals surface area (Å²) in [5, 5.41) is 7.26. The number of rotatable bonds is 4. The minimum Gasteiger partial charge on any atom is -0.324 e. The third kappa shape index (κ3) is 3.36. The maximum absolute atomic E-state index is 12.0. The van der Waals surface area contributed by atoms with Crippen molar-refractivity contribution in [2.24, 2.45) is 0 Å². The molecule has 0 atom stereocenters. The number of hydrogen-bond acceptors (Lipinski definition) is 2. The zero-order valence-corrected chi connectivity index (χ0v) is 11.4. The van der Waals surface area contributed by atoms with E-state index in [0.717, 1.165) is 16.9 Å². The SMILES string of the molecule is O=C(Cn1ccc(-c2ccccc2)n1)Nc1ccccc1. The second-order valence-electron chi connectivity index (χ2n) is 4.68. The van der Waals surface area contributed by atoms with Crippen molar-refractivity contribution in [3.63, 3.8) is 0 Å². The minimum absolute atomic E-state index is 0.0936. The average Bonchev–Trinajstić information content (AvgIpc) is 2.97. The van der Waals surface area contributed by atoms with Crippen LogP contribution in [0.5, 0.6) is 0 Å². The lowest BCUT2D eigenvalue weighted by molar-refractivity contribution is -0.116. The lowest BCUT2D eigenvalue weighted by atomic mass is 10.2. The van der Waals surface area contributed by atoms with Crippen LogP contribution in [-0.2, 0) is 11.3 Å². The summed E-state index contributed by atoms with van der Waals surface area (Å²) in [5.41, 5.74) is 2.70. The average molecular weight is 277 g/mol. The second-order valence-corrected chi connectivity index (χ2v) is 4.68. The Hall–Kier alpha value is -2.88. The highest BCUT2D eigenvalue weighted by Crippen LogP contribution is 2.15. The van der Waals surface area contributed by atoms with Gasteiger partial charge in [-0.15, -0.1) is 0 Å². The van der Waals surface area contributed by atoms with Gasteiger partial charge in [0, 0.05) is 17.4 Å². The van der Waals surface area contributed by atoms with Gasteiger partial charge in [0.15, 0.2) is 0 Å². The number of amides is 1. The van der Waals surface area contributed by atoms with Gasteiger partial charge in [0.05, 0.1) is 5.69 Å². The van der Waals surface area contributed by atoms with Crippen LogP contribution in [0.25, 0.3) is 11.3 Å². The largest absolute Gasteiger partial charge is 0.324 e. The van der Waals surface area contributed by atoms with Crippen molar-refractivity contribution >= 4 is 11.6 Å². The minimum atomic E-state index is -0.0936. The highest BCUT2D eigenvalue weighted by molar-refractivity contribution is 5.90. The second kappa shape index (κ2) is 6.05. The first kappa shape index (κ1) is 13.1. The number of hydrogen-bond donors (Lipinski definition) is 1. The molecule has 0 aliphatic rings. The maximum atomic E-state index is 12.0. The van der Waals surface area contributed by atoms with E-state index >= 15 is 0 Å². The fourth-order valence-electron chi connectivity index (χ4n) is 2.08. The standard InChI is InChI=1S/C17H15N3O/c21-17(18-15-9-5-2-6-10-15)13-20-12-11-16(19-20)14-7-3-1-4-8-14/h1-12H,13H2,(H,18,21). The Morgan fingerprint density at radius 2 is 1.62 bits per heavy atom. The molecule has 0 saturated carbocycles. The smallest absolute Gasteiger partial charge is 0.246 e. The van der Waals surface area contributed by atoms with Gasteiger partial charge in [-0.3, -0.25) is 9.48 Å². The molecule has 0 unspecified atom stereocenters. The highest BCUT2D eigenvalue weighted by atomic mass is 16.2. The summed E-state index contributed by atoms with van der Waals surface area (Å²) in [5.74, 6) is -0.0936. The number of aromatic nitrogens is 2. The van der Waals surface area contributed by atoms with E-state index in [9.17, 15) is 4.79 Å². The first-order valence-electron chi connectivity index (χ1n) is 6.75. The van der Waals surface area contributed by atoms with Crippen molar-refractivity contribution in [2.75, 3.05) is 5.32 Å². The third-order valence-corrected chi connectivity index (χ3v) is 3.07. The maximum Gasteiger partial charge on any atom is 0.246 e. The van der Waals surface area contributed by atoms with E-state index in [2.05, 4.69) is 10.4 Å². The Morgan fingerprint density at radius 3 is 2.33 bits per heavy atom. The Bertz CT molecular complexity index is 720. The highest BCUT2D eigenvalue weighted by Gasteiger charge is 2.06. The van der Waals surface area contributed by atoms with E-state index in [-0.39, 0.29) is 12.5 Å². The molecule has 104 valence electrons. The summed E-state index contributed by atoms with van der Waals surface area (Å²) in [6.45, 7) is 0.196. The lowest BCUT2D eigenvalue weighted by Gasteiger charge is -2.04. The Morgan fingerprint density at radius 1 is 0.952 bits per heavy atom. The van der Waals surface area contributed by atoms with Crippen LogP contribution in [-0.4, -0.2) is 15.7 Å². The van der Waals surface area contributed by atoms with Gasteiger partial charge < -0.3 is 5.32 Å². The van der Waals surface area contributed by atoms with Crippen LogP contribution in [0.3, 0.4) is 0 Å². The van der Waals surface area contributed by atoms with Crippen molar-refractivity contribution in [1.82, 2.24) is 9.78 Å². The molecular formula is C17H15N3O. The number of benzene rings is 2. The van der Waals surface area contributed by atoms with Gasteiger partial charge in [0.1, 0.15) is 6.54 Å². The molecule has 1 N–H and O–H groups in total. The third-order valence-electron chi connectivity index (χ3n) is 3.07. The molecule has 1 heterocycles. The van der Waals surface area contributed by atoms with E-state index in [4.69, 9.17) is 0 Å². The molecule has 2 aromatic carbocycles. The quantitative estimate of drug-likeness (QED) is 0.796. The molecular weight excluding hydrogens is 262 g/mol. The summed E-state index contributed by atoms with van der Waals surface area (Å²) in [6.07, 6.45) is 1.81. The molecule has 4 nitrogen and oxygen atoms in total. The van der Waals surface area contributed by atoms with Crippen LogP contribution >= 0.6 is 0 Å². The van der Waals surface area contributed by atoms with Crippen LogP contribution in [0.15, 0.2) is 72.9 Å². The van der Waals surface area contributed by atoms with Crippen LogP contribution in [0.1, 0.15) is 0 Å². The summed E-state index contributed by atoms with van der Waals surface area (Å²) in [4.78, 5) is 12.0. The fourth-order valence-corrected chi connectivity index (χ4v) is 2.08. The number of anilines is 1. The predicted octanol–water partition coefficient (Wildman–Crippen LogP) is 3.19. The lowest BCUT2D eigenvalue weighted by Crippen LogP contribution is -2.18. The summed E-state index contributed by atoms with van der Waals surface area (Å²) in [6, 6.07) is 21.2. The molecule has 1 amide bonds. The monoisotopic (exact) mass is 277 g/mol. The van der Waals surface area contributed by atoms with E-state index < -0.39 is 0 Å². The molecule has 0 saturated heterocycles. The van der Waals surface area contributed by atoms with Crippen molar-refractivity contribution in [3.05, 3.63) is 72.9 Å². The fraction of sp³-hybridized carbons (Fsp3) is 0.0588. The predicted molar refractivity (Wildman–Crippen MR) is 82.7 cm³/mol. The molecule has 0 fully saturated rings. The molecule has 0 radical (unpaired) electrons. The number of nitrogens with one attached hydrogen (secondary N) is 1. The Balaban J connectivity index is 1.66. The topological polar surface area (TPSA) is 46.9 Å². The zero-order chi connectivity index (χ0) is 14.5. The van der Waals surface area contributed by atoms with Gasteiger partial charge in [-0.2, -0.15) is 5.10 Å². The molecule has 3 rings (SSSR count). The summed E-state index contributed by atoms with van der Waals surface area (Å²) in [7, 11) is 0. The van der Waals surface area contributed by atoms with Crippen LogP contribution in [0, 0.1) is 0 Å². The number of nitrogens with zero attached hydrogens (tertiary/aromatic N) is 2. The van der Waals surface area contributed by atoms with Gasteiger partial charge in [-0.1, -0.05) is 48.5 Å². The normalized spacial score (nSPS) is 10.3. The van der Waals surface area contributed by atoms with Gasteiger partial charge in [0.2, 0.25) is 5.91 Å². The van der Waals surface area contributed by atoms with Crippen LogP contribution < -0.4 is 5.32 Å². The molecule has 0 aliphatic carbocycles. The van der Waals surface area contributed by atoms with Crippen molar-refractivity contribution in [2.45, 2.75) is 6.54 Å². The van der Waals surface area contributed by atoms with Gasteiger partial charge in [0.25, 0.3) is 0 Å². The van der Waals surface area contributed by atoms with Crippen molar-refractivity contribution in [3.8, 4) is 11.3 Å². The van der Waals surface area contributed by atoms with Crippen LogP contribution in [0.2, 0.25) is 0 Å². The molecule has 3 aromatic rings. The first-order chi connectivity index (χ1) is 10.3. The van der Waals surface area contributed by atoms with E-state index in [1.54, 1.807) is 4.68 Å². The van der Waals surface area contributed by atoms with Gasteiger partial charge >= 0.3 is 0 Å². The Kier molecular flexibility index (Phi) is 3.78. The molecule has 0 spiro atoms. The van der Waals surface area contributed by atoms with Gasteiger partial charge in [-0.25, -0.2) is 0 Å². The van der Waals surface area contributed by atoms with Crippen molar-refractivity contribution < 1.29 is 4.79 Å². The summed E-state index contributed by atoms with van der Waals surface area (Å²) < 4.78 is 1.64. The molecule has 4 heteroatoms. The first-order valence-corrected chi connectivity index (χ1v) is 6.75. The van der Waals surface area contributed by atoms with Crippen molar-refractivity contribution in [1.29, 1.82) is 0 Å². The molecule has 1 aromatic heterocycles. The molecule has 21 heavy (non-hydrogen) atoms. The van der Waals surface area contributed by atoms with Crippen LogP contribution in [0.4, 0.5) is 5.69 Å². The van der Waals surface area contributed by atoms with E-state index in [0.29, 0.717) is 0 Å². The van der Waals surface area contributed by atoms with Gasteiger partial charge in [-0.05, 0) is 18.2 Å².